The Morgan fingerprint density at radius 2 is 2.00 bits per heavy atom. The number of aromatic amines is 1. The summed E-state index contributed by atoms with van der Waals surface area (Å²) in [5.41, 5.74) is 0.930. The molecule has 2 rings (SSSR count). The first-order chi connectivity index (χ1) is 11.7. The van der Waals surface area contributed by atoms with Gasteiger partial charge in [-0.1, -0.05) is 0 Å². The maximum atomic E-state index is 12.4. The molecule has 1 atom stereocenters. The lowest BCUT2D eigenvalue weighted by Crippen LogP contribution is -2.43. The van der Waals surface area contributed by atoms with Gasteiger partial charge in [0.05, 0.1) is 5.60 Å². The number of carboxylic acid groups (broad SMARTS) is 1. The zero-order valence-electron chi connectivity index (χ0n) is 15.0. The van der Waals surface area contributed by atoms with Crippen molar-refractivity contribution in [2.45, 2.75) is 64.5 Å². The SMILES string of the molecule is CC(C)(C)OCCC(NC(=O)c1cc2c([nH]c1=O)CCCC2)C(=O)O. The molecule has 3 N–H and O–H groups in total. The third kappa shape index (κ3) is 5.42. The molecule has 1 aliphatic carbocycles. The van der Waals surface area contributed by atoms with E-state index in [0.29, 0.717) is 0 Å². The van der Waals surface area contributed by atoms with Crippen LogP contribution in [0.1, 0.15) is 61.6 Å². The van der Waals surface area contributed by atoms with Crippen LogP contribution in [0.2, 0.25) is 0 Å². The van der Waals surface area contributed by atoms with Crippen molar-refractivity contribution in [1.82, 2.24) is 10.3 Å². The second kappa shape index (κ2) is 7.82. The highest BCUT2D eigenvalue weighted by molar-refractivity contribution is 5.96. The van der Waals surface area contributed by atoms with Crippen LogP contribution in [0.25, 0.3) is 0 Å². The van der Waals surface area contributed by atoms with Crippen molar-refractivity contribution < 1.29 is 19.4 Å². The van der Waals surface area contributed by atoms with E-state index in [4.69, 9.17) is 4.74 Å². The minimum Gasteiger partial charge on any atom is -0.480 e. The Kier molecular flexibility index (Phi) is 6.00. The molecular weight excluding hydrogens is 324 g/mol. The van der Waals surface area contributed by atoms with Gasteiger partial charge >= 0.3 is 5.97 Å². The number of aryl methyl sites for hydroxylation is 2. The predicted molar refractivity (Wildman–Crippen MR) is 92.9 cm³/mol. The molecule has 25 heavy (non-hydrogen) atoms. The average molecular weight is 350 g/mol. The topological polar surface area (TPSA) is 108 Å². The molecule has 7 heteroatoms. The molecule has 1 aliphatic rings. The minimum absolute atomic E-state index is 0.0383. The molecule has 138 valence electrons. The Bertz CT molecular complexity index is 702. The molecule has 0 spiro atoms. The molecule has 0 saturated carbocycles. The van der Waals surface area contributed by atoms with E-state index in [1.807, 2.05) is 20.8 Å². The number of carbonyl (C=O) groups excluding carboxylic acids is 1. The molecule has 1 unspecified atom stereocenters. The Morgan fingerprint density at radius 1 is 1.32 bits per heavy atom. The lowest BCUT2D eigenvalue weighted by molar-refractivity contribution is -0.140. The number of carbonyl (C=O) groups is 2. The molecule has 0 aromatic carbocycles. The summed E-state index contributed by atoms with van der Waals surface area (Å²) < 4.78 is 5.51. The van der Waals surface area contributed by atoms with Gasteiger partial charge in [-0.15, -0.1) is 0 Å². The molecule has 1 aromatic rings. The van der Waals surface area contributed by atoms with Crippen LogP contribution < -0.4 is 10.9 Å². The van der Waals surface area contributed by atoms with E-state index in [-0.39, 0.29) is 24.2 Å². The van der Waals surface area contributed by atoms with Crippen LogP contribution in [-0.2, 0) is 22.4 Å². The third-order valence-electron chi connectivity index (χ3n) is 4.13. The molecule has 0 radical (unpaired) electrons. The number of ether oxygens (including phenoxy) is 1. The van der Waals surface area contributed by atoms with Crippen LogP contribution in [0.4, 0.5) is 0 Å². The fraction of sp³-hybridized carbons (Fsp3) is 0.611. The largest absolute Gasteiger partial charge is 0.480 e. The zero-order chi connectivity index (χ0) is 18.6. The lowest BCUT2D eigenvalue weighted by atomic mass is 9.95. The number of carboxylic acids is 1. The standard InChI is InChI=1S/C18H26N2O5/c1-18(2,3)25-9-8-14(17(23)24)20-16(22)12-10-11-6-4-5-7-13(11)19-15(12)21/h10,14H,4-9H2,1-3H3,(H,19,21)(H,20,22)(H,23,24). The monoisotopic (exact) mass is 350 g/mol. The van der Waals surface area contributed by atoms with Crippen molar-refractivity contribution in [3.8, 4) is 0 Å². The second-order valence-corrected chi connectivity index (χ2v) is 7.34. The first kappa shape index (κ1) is 19.2. The van der Waals surface area contributed by atoms with Crippen LogP contribution in [0.5, 0.6) is 0 Å². The summed E-state index contributed by atoms with van der Waals surface area (Å²) in [4.78, 5) is 38.7. The van der Waals surface area contributed by atoms with Crippen molar-refractivity contribution >= 4 is 11.9 Å². The summed E-state index contributed by atoms with van der Waals surface area (Å²) in [6.45, 7) is 5.80. The summed E-state index contributed by atoms with van der Waals surface area (Å²) in [5.74, 6) is -1.82. The number of rotatable bonds is 6. The van der Waals surface area contributed by atoms with Crippen molar-refractivity contribution in [3.05, 3.63) is 33.2 Å². The number of amides is 1. The summed E-state index contributed by atoms with van der Waals surface area (Å²) in [6, 6.07) is 0.484. The van der Waals surface area contributed by atoms with Gasteiger partial charge in [0.25, 0.3) is 11.5 Å². The van der Waals surface area contributed by atoms with Crippen LogP contribution in [0.3, 0.4) is 0 Å². The van der Waals surface area contributed by atoms with E-state index in [1.54, 1.807) is 6.07 Å². The molecular formula is C18H26N2O5. The Balaban J connectivity index is 2.08. The summed E-state index contributed by atoms with van der Waals surface area (Å²) >= 11 is 0. The third-order valence-corrected chi connectivity index (χ3v) is 4.13. The zero-order valence-corrected chi connectivity index (χ0v) is 15.0. The van der Waals surface area contributed by atoms with E-state index in [9.17, 15) is 19.5 Å². The van der Waals surface area contributed by atoms with Crippen LogP contribution in [0.15, 0.2) is 10.9 Å². The quantitative estimate of drug-likeness (QED) is 0.723. The van der Waals surface area contributed by atoms with Gasteiger partial charge in [0.15, 0.2) is 0 Å². The van der Waals surface area contributed by atoms with Gasteiger partial charge in [-0.05, 0) is 58.1 Å². The first-order valence-electron chi connectivity index (χ1n) is 8.60. The van der Waals surface area contributed by atoms with Crippen LogP contribution >= 0.6 is 0 Å². The predicted octanol–water partition coefficient (Wildman–Crippen LogP) is 1.64. The average Bonchev–Trinajstić information content (AvgIpc) is 2.51. The Labute approximate surface area is 146 Å². The molecule has 0 bridgehead atoms. The fourth-order valence-electron chi connectivity index (χ4n) is 2.82. The van der Waals surface area contributed by atoms with Gasteiger partial charge in [0, 0.05) is 18.7 Å². The van der Waals surface area contributed by atoms with Crippen molar-refractivity contribution in [2.75, 3.05) is 6.61 Å². The van der Waals surface area contributed by atoms with Crippen molar-refractivity contribution in [1.29, 1.82) is 0 Å². The van der Waals surface area contributed by atoms with E-state index in [1.165, 1.54) is 0 Å². The minimum atomic E-state index is -1.15. The highest BCUT2D eigenvalue weighted by Crippen LogP contribution is 2.18. The smallest absolute Gasteiger partial charge is 0.326 e. The highest BCUT2D eigenvalue weighted by Gasteiger charge is 2.24. The van der Waals surface area contributed by atoms with Crippen LogP contribution in [-0.4, -0.2) is 40.2 Å². The highest BCUT2D eigenvalue weighted by atomic mass is 16.5. The molecule has 1 aromatic heterocycles. The summed E-state index contributed by atoms with van der Waals surface area (Å²) in [7, 11) is 0. The Morgan fingerprint density at radius 3 is 2.64 bits per heavy atom. The number of aromatic nitrogens is 1. The number of aliphatic carboxylic acids is 1. The number of hydrogen-bond donors (Lipinski definition) is 3. The number of nitrogens with one attached hydrogen (secondary N) is 2. The number of H-pyrrole nitrogens is 1. The maximum absolute atomic E-state index is 12.4. The normalized spacial score (nSPS) is 15.3. The fourth-order valence-corrected chi connectivity index (χ4v) is 2.82. The van der Waals surface area contributed by atoms with E-state index < -0.39 is 23.5 Å². The molecule has 0 aliphatic heterocycles. The second-order valence-electron chi connectivity index (χ2n) is 7.34. The van der Waals surface area contributed by atoms with E-state index in [2.05, 4.69) is 10.3 Å². The summed E-state index contributed by atoms with van der Waals surface area (Å²) in [6.07, 6.45) is 3.77. The van der Waals surface area contributed by atoms with Gasteiger partial charge in [0.2, 0.25) is 0 Å². The molecule has 0 fully saturated rings. The van der Waals surface area contributed by atoms with E-state index >= 15 is 0 Å². The first-order valence-corrected chi connectivity index (χ1v) is 8.60. The van der Waals surface area contributed by atoms with Gasteiger partial charge in [-0.2, -0.15) is 0 Å². The molecule has 0 saturated heterocycles. The van der Waals surface area contributed by atoms with Crippen molar-refractivity contribution in [2.24, 2.45) is 0 Å². The lowest BCUT2D eigenvalue weighted by Gasteiger charge is -2.21. The summed E-state index contributed by atoms with van der Waals surface area (Å²) in [5, 5.41) is 11.7. The number of pyridine rings is 1. The van der Waals surface area contributed by atoms with Crippen molar-refractivity contribution in [3.63, 3.8) is 0 Å². The van der Waals surface area contributed by atoms with Gasteiger partial charge < -0.3 is 20.1 Å². The van der Waals surface area contributed by atoms with Gasteiger partial charge in [0.1, 0.15) is 11.6 Å². The van der Waals surface area contributed by atoms with Gasteiger partial charge in [-0.3, -0.25) is 9.59 Å². The van der Waals surface area contributed by atoms with Crippen LogP contribution in [0, 0.1) is 0 Å². The number of hydrogen-bond acceptors (Lipinski definition) is 4. The molecule has 7 nitrogen and oxygen atoms in total. The number of fused-ring (bicyclic) bond motifs is 1. The van der Waals surface area contributed by atoms with E-state index in [0.717, 1.165) is 36.9 Å². The maximum Gasteiger partial charge on any atom is 0.326 e. The molecule has 1 heterocycles. The van der Waals surface area contributed by atoms with Gasteiger partial charge in [-0.25, -0.2) is 4.79 Å². The Hall–Kier alpha value is -2.15. The molecule has 1 amide bonds.